The molecule has 0 heterocycles. The molecule has 0 saturated heterocycles. The summed E-state index contributed by atoms with van der Waals surface area (Å²) in [5.41, 5.74) is 9.40. The molecule has 0 amide bonds. The van der Waals surface area contributed by atoms with E-state index in [1.807, 2.05) is 24.4 Å². The fourth-order valence-electron chi connectivity index (χ4n) is 5.40. The van der Waals surface area contributed by atoms with E-state index in [0.29, 0.717) is 14.6 Å². The molecule has 2 aromatic carbocycles. The van der Waals surface area contributed by atoms with Gasteiger partial charge in [0.15, 0.2) is 0 Å². The summed E-state index contributed by atoms with van der Waals surface area (Å²) in [4.78, 5) is 0. The maximum atomic E-state index is 2.59. The van der Waals surface area contributed by atoms with Crippen molar-refractivity contribution in [2.24, 2.45) is 0 Å². The average Bonchev–Trinajstić information content (AvgIpc) is 3.25. The second-order valence-electron chi connectivity index (χ2n) is 8.42. The van der Waals surface area contributed by atoms with Crippen LogP contribution >= 0.6 is 0 Å². The summed E-state index contributed by atoms with van der Waals surface area (Å²) < 4.78 is 0.357. The van der Waals surface area contributed by atoms with Crippen molar-refractivity contribution in [1.29, 1.82) is 0 Å². The van der Waals surface area contributed by atoms with Crippen molar-refractivity contribution in [3.8, 4) is 0 Å². The number of hydrogen-bond donors (Lipinski definition) is 0. The molecule has 2 aliphatic carbocycles. The summed E-state index contributed by atoms with van der Waals surface area (Å²) in [5.74, 6) is 1.16. The van der Waals surface area contributed by atoms with Crippen molar-refractivity contribution < 1.29 is 24.4 Å². The molecule has 0 aromatic heterocycles. The number of hydrogen-bond acceptors (Lipinski definition) is 0. The predicted octanol–water partition coefficient (Wildman–Crippen LogP) is 6.90. The van der Waals surface area contributed by atoms with E-state index in [-0.39, 0.29) is 0 Å². The zero-order valence-corrected chi connectivity index (χ0v) is 20.0. The molecule has 0 N–H and O–H groups in total. The average molecular weight is 403 g/mol. The van der Waals surface area contributed by atoms with Gasteiger partial charge in [-0.15, -0.1) is 0 Å². The van der Waals surface area contributed by atoms with Gasteiger partial charge in [-0.25, -0.2) is 0 Å². The fourth-order valence-corrected chi connectivity index (χ4v) is 8.75. The molecule has 0 bridgehead atoms. The van der Waals surface area contributed by atoms with Crippen LogP contribution < -0.4 is 0 Å². The molecular formula is C25H29ScSi. The summed E-state index contributed by atoms with van der Waals surface area (Å²) >= 11 is 2.00. The van der Waals surface area contributed by atoms with Crippen molar-refractivity contribution in [2.45, 2.75) is 54.4 Å². The quantitative estimate of drug-likeness (QED) is 0.477. The third-order valence-electron chi connectivity index (χ3n) is 6.85. The van der Waals surface area contributed by atoms with Gasteiger partial charge in [-0.1, -0.05) is 0 Å². The van der Waals surface area contributed by atoms with Gasteiger partial charge in [0.1, 0.15) is 0 Å². The summed E-state index contributed by atoms with van der Waals surface area (Å²) in [7, 11) is -0.983. The van der Waals surface area contributed by atoms with Crippen molar-refractivity contribution in [3.63, 3.8) is 0 Å². The Morgan fingerprint density at radius 3 is 1.56 bits per heavy atom. The second kappa shape index (κ2) is 7.44. The van der Waals surface area contributed by atoms with Gasteiger partial charge < -0.3 is 0 Å². The molecule has 0 fully saturated rings. The molecule has 27 heavy (non-hydrogen) atoms. The van der Waals surface area contributed by atoms with E-state index in [1.165, 1.54) is 11.1 Å². The normalized spacial score (nSPS) is 22.8. The molecule has 2 aromatic rings. The van der Waals surface area contributed by atoms with E-state index in [9.17, 15) is 0 Å². The Balaban J connectivity index is 1.93. The van der Waals surface area contributed by atoms with Gasteiger partial charge in [-0.2, -0.15) is 0 Å². The summed E-state index contributed by atoms with van der Waals surface area (Å²) in [6.07, 6.45) is 7.32. The monoisotopic (exact) mass is 402 g/mol. The Labute approximate surface area is 181 Å². The Morgan fingerprint density at radius 2 is 1.19 bits per heavy atom. The summed E-state index contributed by atoms with van der Waals surface area (Å²) in [6, 6.07) is 18.3. The first kappa shape index (κ1) is 19.3. The molecule has 0 radical (unpaired) electrons. The maximum absolute atomic E-state index is 2.59. The van der Waals surface area contributed by atoms with Crippen LogP contribution in [-0.2, 0) is 24.4 Å². The summed E-state index contributed by atoms with van der Waals surface area (Å²) in [5, 5.41) is 0. The molecule has 2 atom stereocenters. The van der Waals surface area contributed by atoms with E-state index in [2.05, 4.69) is 87.6 Å². The predicted molar refractivity (Wildman–Crippen MR) is 116 cm³/mol. The van der Waals surface area contributed by atoms with Gasteiger partial charge >= 0.3 is 182 Å². The molecule has 0 spiro atoms. The van der Waals surface area contributed by atoms with Gasteiger partial charge in [-0.05, 0) is 0 Å². The van der Waals surface area contributed by atoms with Crippen LogP contribution in [0, 0.1) is 0 Å². The molecule has 4 rings (SSSR count). The van der Waals surface area contributed by atoms with E-state index >= 15 is 0 Å². The van der Waals surface area contributed by atoms with Crippen LogP contribution in [0.5, 0.6) is 0 Å². The van der Waals surface area contributed by atoms with Crippen molar-refractivity contribution >= 4 is 20.9 Å². The number of allylic oxidation sites excluding steroid dienone is 2. The Bertz CT molecular complexity index is 852. The third kappa shape index (κ3) is 2.95. The minimum atomic E-state index is -0.983. The van der Waals surface area contributed by atoms with E-state index in [1.54, 1.807) is 22.3 Å². The van der Waals surface area contributed by atoms with Gasteiger partial charge in [0, 0.05) is 0 Å². The van der Waals surface area contributed by atoms with Crippen LogP contribution in [0.4, 0.5) is 0 Å². The van der Waals surface area contributed by atoms with E-state index in [4.69, 9.17) is 0 Å². The Hall–Kier alpha value is -0.993. The summed E-state index contributed by atoms with van der Waals surface area (Å²) in [6.45, 7) is 9.87. The molecule has 0 aliphatic heterocycles. The van der Waals surface area contributed by atoms with Crippen LogP contribution in [0.15, 0.2) is 59.7 Å². The van der Waals surface area contributed by atoms with Gasteiger partial charge in [0.25, 0.3) is 0 Å². The van der Waals surface area contributed by atoms with Crippen LogP contribution in [0.3, 0.4) is 0 Å². The van der Waals surface area contributed by atoms with Crippen LogP contribution in [-0.4, -0.2) is 8.80 Å². The van der Waals surface area contributed by atoms with E-state index < -0.39 is 8.80 Å². The fraction of sp³-hybridized carbons (Fsp3) is 0.360. The Kier molecular flexibility index (Phi) is 5.33. The SMILES string of the molecule is CCC1=Cc2ccccc2C1[C]([Sc])(C1C(CC)=Cc2ccccc21)[SiH](C)C. The zero-order chi connectivity index (χ0) is 19.2. The van der Waals surface area contributed by atoms with Crippen molar-refractivity contribution in [3.05, 3.63) is 81.9 Å². The Morgan fingerprint density at radius 1 is 0.778 bits per heavy atom. The first-order valence-electron chi connectivity index (χ1n) is 10.4. The van der Waals surface area contributed by atoms with Gasteiger partial charge in [-0.3, -0.25) is 0 Å². The van der Waals surface area contributed by atoms with Gasteiger partial charge in [0.05, 0.1) is 0 Å². The standard InChI is InChI=1S/C25H29Si.Sc/c1-5-17-15-19-11-7-9-13-21(19)23(17)25(26(3)4)24-18(6-2)16-20-12-8-10-14-22(20)24;/h7-16,23-24,26H,5-6H2,1-4H3;. The first-order valence-corrected chi connectivity index (χ1v) is 14.2. The van der Waals surface area contributed by atoms with E-state index in [0.717, 1.165) is 12.8 Å². The van der Waals surface area contributed by atoms with Crippen molar-refractivity contribution in [1.82, 2.24) is 0 Å². The minimum absolute atomic E-state index is 0.357. The van der Waals surface area contributed by atoms with Gasteiger partial charge in [0.2, 0.25) is 0 Å². The van der Waals surface area contributed by atoms with Crippen LogP contribution in [0.1, 0.15) is 60.8 Å². The first-order chi connectivity index (χ1) is 13.0. The topological polar surface area (TPSA) is 0 Å². The second-order valence-corrected chi connectivity index (χ2v) is 14.3. The molecule has 2 unspecified atom stereocenters. The number of fused-ring (bicyclic) bond motifs is 2. The van der Waals surface area contributed by atoms with Crippen LogP contribution in [0.2, 0.25) is 15.9 Å². The number of rotatable bonds is 5. The third-order valence-corrected chi connectivity index (χ3v) is 13.7. The molecule has 2 aliphatic rings. The van der Waals surface area contributed by atoms with Crippen molar-refractivity contribution in [2.75, 3.05) is 0 Å². The molecular weight excluding hydrogens is 373 g/mol. The molecule has 136 valence electrons. The molecule has 2 heteroatoms. The molecule has 0 saturated carbocycles. The van der Waals surface area contributed by atoms with Crippen LogP contribution in [0.25, 0.3) is 12.2 Å². The molecule has 0 nitrogen and oxygen atoms in total. The zero-order valence-electron chi connectivity index (χ0n) is 17.0. The number of benzene rings is 2.